The Morgan fingerprint density at radius 2 is 2.44 bits per heavy atom. The molecule has 2 heterocycles. The molecule has 100 valence electrons. The lowest BCUT2D eigenvalue weighted by Crippen LogP contribution is -2.46. The molecule has 1 aliphatic rings. The smallest absolute Gasteiger partial charge is 0.269 e. The van der Waals surface area contributed by atoms with Gasteiger partial charge in [0.25, 0.3) is 5.91 Å². The van der Waals surface area contributed by atoms with Crippen LogP contribution in [0.2, 0.25) is 0 Å². The van der Waals surface area contributed by atoms with Crippen molar-refractivity contribution < 1.29 is 4.79 Å². The molecule has 2 N–H and O–H groups in total. The van der Waals surface area contributed by atoms with Crippen LogP contribution in [0.1, 0.15) is 42.9 Å². The van der Waals surface area contributed by atoms with E-state index in [1.165, 1.54) is 0 Å². The summed E-state index contributed by atoms with van der Waals surface area (Å²) >= 11 is 0. The number of carbonyl (C=O) groups excluding carboxylic acids is 1. The maximum Gasteiger partial charge on any atom is 0.269 e. The summed E-state index contributed by atoms with van der Waals surface area (Å²) in [6.45, 7) is 5.16. The van der Waals surface area contributed by atoms with Gasteiger partial charge in [0.05, 0.1) is 5.69 Å². The van der Waals surface area contributed by atoms with Crippen molar-refractivity contribution in [2.75, 3.05) is 6.54 Å². The highest BCUT2D eigenvalue weighted by Crippen LogP contribution is 2.10. The molecule has 0 aliphatic carbocycles. The molecule has 2 unspecified atom stereocenters. The Kier molecular flexibility index (Phi) is 4.01. The number of hydrogen-bond acceptors (Lipinski definition) is 3. The zero-order valence-corrected chi connectivity index (χ0v) is 11.4. The van der Waals surface area contributed by atoms with E-state index in [4.69, 9.17) is 0 Å². The lowest BCUT2D eigenvalue weighted by Gasteiger charge is -2.28. The number of nitrogens with zero attached hydrogens (tertiary/aromatic N) is 2. The third-order valence-electron chi connectivity index (χ3n) is 3.48. The fourth-order valence-corrected chi connectivity index (χ4v) is 2.43. The van der Waals surface area contributed by atoms with Crippen molar-refractivity contribution >= 4 is 5.91 Å². The number of carbonyl (C=O) groups is 1. The molecule has 2 atom stereocenters. The van der Waals surface area contributed by atoms with Crippen molar-refractivity contribution in [3.05, 3.63) is 17.5 Å². The second-order valence-electron chi connectivity index (χ2n) is 5.05. The van der Waals surface area contributed by atoms with Crippen LogP contribution in [0.15, 0.2) is 6.07 Å². The third kappa shape index (κ3) is 2.90. The van der Waals surface area contributed by atoms with Gasteiger partial charge in [0, 0.05) is 19.1 Å². The van der Waals surface area contributed by atoms with E-state index in [1.54, 1.807) is 4.68 Å². The lowest BCUT2D eigenvalue weighted by atomic mass is 10.0. The maximum atomic E-state index is 12.2. The first kappa shape index (κ1) is 13.1. The highest BCUT2D eigenvalue weighted by Gasteiger charge is 2.21. The molecular formula is C13H22N4O. The van der Waals surface area contributed by atoms with E-state index < -0.39 is 0 Å². The number of aryl methyl sites for hydroxylation is 2. The fraction of sp³-hybridized carbons (Fsp3) is 0.692. The summed E-state index contributed by atoms with van der Waals surface area (Å²) in [4.78, 5) is 12.2. The molecule has 18 heavy (non-hydrogen) atoms. The van der Waals surface area contributed by atoms with Gasteiger partial charge in [-0.25, -0.2) is 0 Å². The summed E-state index contributed by atoms with van der Waals surface area (Å²) in [5.41, 5.74) is 1.61. The quantitative estimate of drug-likeness (QED) is 0.836. The van der Waals surface area contributed by atoms with Crippen molar-refractivity contribution in [2.45, 2.75) is 45.2 Å². The Bertz CT molecular complexity index is 427. The Hall–Kier alpha value is -1.36. The number of nitrogens with one attached hydrogen (secondary N) is 2. The van der Waals surface area contributed by atoms with Crippen LogP contribution in [0.5, 0.6) is 0 Å². The van der Waals surface area contributed by atoms with Crippen LogP contribution in [0.25, 0.3) is 0 Å². The normalized spacial score (nSPS) is 23.9. The van der Waals surface area contributed by atoms with Crippen LogP contribution >= 0.6 is 0 Å². The van der Waals surface area contributed by atoms with Crippen LogP contribution in [0, 0.1) is 0 Å². The summed E-state index contributed by atoms with van der Waals surface area (Å²) in [6, 6.07) is 2.62. The first-order valence-corrected chi connectivity index (χ1v) is 6.67. The molecule has 0 radical (unpaired) electrons. The number of rotatable bonds is 3. The van der Waals surface area contributed by atoms with E-state index in [2.05, 4.69) is 22.7 Å². The van der Waals surface area contributed by atoms with E-state index in [-0.39, 0.29) is 11.9 Å². The van der Waals surface area contributed by atoms with E-state index in [0.29, 0.717) is 11.7 Å². The molecule has 5 nitrogen and oxygen atoms in total. The van der Waals surface area contributed by atoms with Crippen molar-refractivity contribution in [3.63, 3.8) is 0 Å². The fourth-order valence-electron chi connectivity index (χ4n) is 2.43. The Labute approximate surface area is 108 Å². The molecular weight excluding hydrogens is 228 g/mol. The minimum atomic E-state index is -0.0104. The molecule has 1 aromatic heterocycles. The predicted molar refractivity (Wildman–Crippen MR) is 70.5 cm³/mol. The molecule has 1 aromatic rings. The summed E-state index contributed by atoms with van der Waals surface area (Å²) in [6.07, 6.45) is 2.84. The summed E-state index contributed by atoms with van der Waals surface area (Å²) in [7, 11) is 1.82. The van der Waals surface area contributed by atoms with E-state index in [9.17, 15) is 4.79 Å². The first-order valence-electron chi connectivity index (χ1n) is 6.67. The van der Waals surface area contributed by atoms with E-state index in [1.807, 2.05) is 20.0 Å². The molecule has 2 rings (SSSR count). The van der Waals surface area contributed by atoms with Crippen LogP contribution in [0.4, 0.5) is 0 Å². The number of hydrogen-bond donors (Lipinski definition) is 2. The zero-order chi connectivity index (χ0) is 13.1. The molecule has 0 saturated carbocycles. The molecule has 1 saturated heterocycles. The summed E-state index contributed by atoms with van der Waals surface area (Å²) in [5.74, 6) is -0.0104. The summed E-state index contributed by atoms with van der Waals surface area (Å²) < 4.78 is 1.67. The minimum absolute atomic E-state index is 0.0104. The molecule has 1 amide bonds. The van der Waals surface area contributed by atoms with Crippen molar-refractivity contribution in [3.8, 4) is 0 Å². The van der Waals surface area contributed by atoms with E-state index in [0.717, 1.165) is 31.5 Å². The maximum absolute atomic E-state index is 12.2. The standard InChI is InChI=1S/C13H22N4O/c1-4-10-8-12(17(3)16-10)13(18)15-11-5-6-14-9(2)7-11/h8-9,11,14H,4-7H2,1-3H3,(H,15,18). The zero-order valence-electron chi connectivity index (χ0n) is 11.4. The molecule has 1 fully saturated rings. The number of aromatic nitrogens is 2. The number of piperidine rings is 1. The number of amides is 1. The summed E-state index contributed by atoms with van der Waals surface area (Å²) in [5, 5.41) is 10.8. The van der Waals surface area contributed by atoms with Gasteiger partial charge in [0.2, 0.25) is 0 Å². The monoisotopic (exact) mass is 250 g/mol. The SMILES string of the molecule is CCc1cc(C(=O)NC2CCNC(C)C2)n(C)n1. The van der Waals surface area contributed by atoms with Crippen LogP contribution < -0.4 is 10.6 Å². The lowest BCUT2D eigenvalue weighted by molar-refractivity contribution is 0.0916. The highest BCUT2D eigenvalue weighted by molar-refractivity contribution is 5.92. The molecule has 5 heteroatoms. The minimum Gasteiger partial charge on any atom is -0.348 e. The van der Waals surface area contributed by atoms with Crippen molar-refractivity contribution in [1.29, 1.82) is 0 Å². The Balaban J connectivity index is 2.00. The predicted octanol–water partition coefficient (Wildman–Crippen LogP) is 0.853. The average Bonchev–Trinajstić information content (AvgIpc) is 2.70. The van der Waals surface area contributed by atoms with Gasteiger partial charge < -0.3 is 10.6 Å². The average molecular weight is 250 g/mol. The highest BCUT2D eigenvalue weighted by atomic mass is 16.2. The second kappa shape index (κ2) is 5.52. The molecule has 0 aromatic carbocycles. The van der Waals surface area contributed by atoms with Crippen LogP contribution in [-0.4, -0.2) is 34.3 Å². The van der Waals surface area contributed by atoms with Gasteiger partial charge in [0.1, 0.15) is 5.69 Å². The largest absolute Gasteiger partial charge is 0.348 e. The van der Waals surface area contributed by atoms with Crippen molar-refractivity contribution in [2.24, 2.45) is 7.05 Å². The van der Waals surface area contributed by atoms with Crippen molar-refractivity contribution in [1.82, 2.24) is 20.4 Å². The Morgan fingerprint density at radius 3 is 3.06 bits per heavy atom. The van der Waals surface area contributed by atoms with Crippen LogP contribution in [0.3, 0.4) is 0 Å². The molecule has 0 spiro atoms. The Morgan fingerprint density at radius 1 is 1.67 bits per heavy atom. The van der Waals surface area contributed by atoms with E-state index >= 15 is 0 Å². The second-order valence-corrected chi connectivity index (χ2v) is 5.05. The van der Waals surface area contributed by atoms with Crippen LogP contribution in [-0.2, 0) is 13.5 Å². The van der Waals surface area contributed by atoms with Gasteiger partial charge in [-0.05, 0) is 38.8 Å². The first-order chi connectivity index (χ1) is 8.60. The van der Waals surface area contributed by atoms with Gasteiger partial charge in [-0.2, -0.15) is 5.10 Å². The molecule has 0 bridgehead atoms. The van der Waals surface area contributed by atoms with Gasteiger partial charge in [-0.1, -0.05) is 6.92 Å². The van der Waals surface area contributed by atoms with Gasteiger partial charge >= 0.3 is 0 Å². The third-order valence-corrected chi connectivity index (χ3v) is 3.48. The van der Waals surface area contributed by atoms with Gasteiger partial charge in [-0.3, -0.25) is 9.48 Å². The van der Waals surface area contributed by atoms with Gasteiger partial charge in [-0.15, -0.1) is 0 Å². The topological polar surface area (TPSA) is 59.0 Å². The van der Waals surface area contributed by atoms with Gasteiger partial charge in [0.15, 0.2) is 0 Å². The molecule has 1 aliphatic heterocycles.